The van der Waals surface area contributed by atoms with E-state index in [1.807, 2.05) is 45.9 Å². The van der Waals surface area contributed by atoms with Crippen LogP contribution in [-0.4, -0.2) is 224 Å². The number of hydrogen-bond donors (Lipinski definition) is 11. The predicted octanol–water partition coefficient (Wildman–Crippen LogP) is 1.88. The van der Waals surface area contributed by atoms with Crippen molar-refractivity contribution in [1.29, 1.82) is 0 Å². The fourth-order valence-corrected chi connectivity index (χ4v) is 9.52. The highest BCUT2D eigenvalue weighted by Gasteiger charge is 2.44. The molecule has 3 aromatic rings. The molecule has 8 bridgehead atoms. The lowest BCUT2D eigenvalue weighted by Gasteiger charge is -2.35. The number of carbonyl (C=O) groups is 3. The lowest BCUT2D eigenvalue weighted by atomic mass is 9.84. The van der Waals surface area contributed by atoms with Crippen molar-refractivity contribution in [3.63, 3.8) is 0 Å². The molecule has 3 aliphatic rings. The summed E-state index contributed by atoms with van der Waals surface area (Å²) in [5.74, 6) is -3.76. The summed E-state index contributed by atoms with van der Waals surface area (Å²) in [6.07, 6.45) is -4.84. The van der Waals surface area contributed by atoms with Crippen molar-refractivity contribution in [1.82, 2.24) is 24.8 Å². The zero-order valence-corrected chi connectivity index (χ0v) is 44.3. The quantitative estimate of drug-likeness (QED) is 0.0398. The molecule has 5 unspecified atom stereocenters. The van der Waals surface area contributed by atoms with E-state index in [2.05, 4.69) is 16.5 Å². The van der Waals surface area contributed by atoms with Gasteiger partial charge in [0.15, 0.2) is 0 Å². The van der Waals surface area contributed by atoms with Gasteiger partial charge in [0.05, 0.1) is 132 Å². The van der Waals surface area contributed by atoms with E-state index in [-0.39, 0.29) is 88.0 Å². The van der Waals surface area contributed by atoms with Gasteiger partial charge in [0.1, 0.15) is 36.6 Å². The molecule has 0 aromatic carbocycles. The van der Waals surface area contributed by atoms with Gasteiger partial charge in [0.25, 0.3) is 11.8 Å². The first-order valence-electron chi connectivity index (χ1n) is 25.8. The van der Waals surface area contributed by atoms with Gasteiger partial charge in [-0.1, -0.05) is 26.5 Å². The summed E-state index contributed by atoms with van der Waals surface area (Å²) in [5.41, 5.74) is 8.37. The van der Waals surface area contributed by atoms with Crippen LogP contribution in [0.25, 0.3) is 39.3 Å². The summed E-state index contributed by atoms with van der Waals surface area (Å²) in [7, 11) is 0. The number of amides is 2. The molecule has 0 saturated heterocycles. The van der Waals surface area contributed by atoms with Gasteiger partial charge in [0, 0.05) is 46.1 Å². The number of aliphatic hydroxyl groups excluding tert-OH is 8. The molecule has 77 heavy (non-hydrogen) atoms. The Balaban J connectivity index is 1.58. The lowest BCUT2D eigenvalue weighted by molar-refractivity contribution is -0.137. The Morgan fingerprint density at radius 2 is 1.18 bits per heavy atom. The van der Waals surface area contributed by atoms with Crippen molar-refractivity contribution in [3.8, 4) is 0 Å². The molecule has 3 aromatic heterocycles. The number of allylic oxidation sites excluding steroid dienone is 2. The first-order valence-corrected chi connectivity index (χ1v) is 25.8. The molecular formula is C54H75N5O18. The maximum atomic E-state index is 15.9. The molecule has 6 atom stereocenters. The Bertz CT molecular complexity index is 2670. The monoisotopic (exact) mass is 1080 g/mol. The predicted molar refractivity (Wildman–Crippen MR) is 281 cm³/mol. The van der Waals surface area contributed by atoms with Crippen molar-refractivity contribution >= 4 is 57.1 Å². The second-order valence-electron chi connectivity index (χ2n) is 19.5. The third kappa shape index (κ3) is 14.9. The third-order valence-electron chi connectivity index (χ3n) is 13.9. The highest BCUT2D eigenvalue weighted by atomic mass is 16.6. The Morgan fingerprint density at radius 1 is 0.688 bits per heavy atom. The largest absolute Gasteiger partial charge is 0.481 e. The fraction of sp³-hybridized carbons (Fsp3) is 0.574. The first-order chi connectivity index (χ1) is 36.9. The van der Waals surface area contributed by atoms with E-state index >= 15 is 9.59 Å². The molecule has 424 valence electrons. The van der Waals surface area contributed by atoms with Gasteiger partial charge in [0.2, 0.25) is 0 Å². The molecule has 3 aliphatic heterocycles. The van der Waals surface area contributed by atoms with Crippen LogP contribution < -0.4 is 0 Å². The lowest BCUT2D eigenvalue weighted by Crippen LogP contribution is -2.52. The van der Waals surface area contributed by atoms with Crippen LogP contribution in [-0.2, 0) is 33.2 Å². The number of ether oxygens (including phenoxy) is 6. The Labute approximate surface area is 445 Å². The Morgan fingerprint density at radius 3 is 1.66 bits per heavy atom. The minimum absolute atomic E-state index is 0.00413. The van der Waals surface area contributed by atoms with E-state index in [0.717, 1.165) is 32.7 Å². The number of nitrogens with zero attached hydrogens (tertiary/aromatic N) is 3. The van der Waals surface area contributed by atoms with Gasteiger partial charge in [-0.25, -0.2) is 4.98 Å². The van der Waals surface area contributed by atoms with Gasteiger partial charge in [-0.3, -0.25) is 24.3 Å². The zero-order valence-electron chi connectivity index (χ0n) is 44.3. The summed E-state index contributed by atoms with van der Waals surface area (Å²) < 4.78 is 35.4. The number of H-pyrrole nitrogens is 2. The van der Waals surface area contributed by atoms with Crippen molar-refractivity contribution in [2.45, 2.75) is 108 Å². The number of aliphatic hydroxyl groups is 8. The summed E-state index contributed by atoms with van der Waals surface area (Å²) in [6.45, 7) is 8.06. The number of hydrogen-bond acceptors (Lipinski definition) is 19. The van der Waals surface area contributed by atoms with Gasteiger partial charge < -0.3 is 84.3 Å². The van der Waals surface area contributed by atoms with Crippen LogP contribution in [0, 0.1) is 13.8 Å². The van der Waals surface area contributed by atoms with Crippen molar-refractivity contribution in [2.24, 2.45) is 0 Å². The van der Waals surface area contributed by atoms with Crippen LogP contribution in [0.5, 0.6) is 0 Å². The molecule has 0 saturated carbocycles. The van der Waals surface area contributed by atoms with Crippen LogP contribution in [0.1, 0.15) is 112 Å². The Hall–Kier alpha value is -5.35. The van der Waals surface area contributed by atoms with Gasteiger partial charge >= 0.3 is 5.97 Å². The van der Waals surface area contributed by atoms with Crippen molar-refractivity contribution < 1.29 is 88.8 Å². The minimum Gasteiger partial charge on any atom is -0.481 e. The van der Waals surface area contributed by atoms with Crippen LogP contribution in [0.15, 0.2) is 24.8 Å². The van der Waals surface area contributed by atoms with Crippen LogP contribution in [0.3, 0.4) is 0 Å². The second kappa shape index (κ2) is 28.5. The number of imide groups is 1. The molecule has 0 fully saturated rings. The van der Waals surface area contributed by atoms with Gasteiger partial charge in [-0.15, -0.1) is 0 Å². The zero-order chi connectivity index (χ0) is 56.1. The van der Waals surface area contributed by atoms with E-state index in [1.165, 1.54) is 0 Å². The smallest absolute Gasteiger partial charge is 0.303 e. The number of aromatic nitrogens is 4. The number of fused-ring (bicyclic) bond motifs is 8. The third-order valence-corrected chi connectivity index (χ3v) is 13.9. The summed E-state index contributed by atoms with van der Waals surface area (Å²) >= 11 is 0. The normalized spacial score (nSPS) is 18.4. The molecule has 2 amide bonds. The van der Waals surface area contributed by atoms with Crippen molar-refractivity contribution in [2.75, 3.05) is 92.5 Å². The number of rotatable bonds is 32. The summed E-state index contributed by atoms with van der Waals surface area (Å²) in [4.78, 5) is 61.9. The molecule has 6 heterocycles. The average molecular weight is 1080 g/mol. The van der Waals surface area contributed by atoms with Crippen LogP contribution >= 0.6 is 0 Å². The maximum absolute atomic E-state index is 15.9. The van der Waals surface area contributed by atoms with Crippen LogP contribution in [0.2, 0.25) is 0 Å². The molecule has 23 heteroatoms. The van der Waals surface area contributed by atoms with E-state index in [9.17, 15) is 50.8 Å². The molecule has 0 aliphatic carbocycles. The maximum Gasteiger partial charge on any atom is 0.303 e. The van der Waals surface area contributed by atoms with E-state index in [4.69, 9.17) is 38.4 Å². The molecule has 11 N–H and O–H groups in total. The SMILES string of the molecule is C=Cc1c(C)c2cc3nc(c4c5[nH]c(cc6nc(cc1[nH]2)C(C)=C6CC)c(C)c5C(=O)N(C(COC(COCC(O)CO)COCC(O)CO)COC(COCC(O)CO)COCC(O)CO)C4=O)C(CCC(=O)O)[C@@H]3C. The average Bonchev–Trinajstić information content (AvgIpc) is 4.13. The summed E-state index contributed by atoms with van der Waals surface area (Å²) in [5, 5.41) is 88.0. The second-order valence-corrected chi connectivity index (χ2v) is 19.5. The standard InChI is InChI=1S/C54H75N5O18/c1-7-39-28(3)42-11-44-30(5)41(9-10-48(68)69)51(57-44)50-52-49(31(6)45(58-52)13-47-40(8-2)29(4)43(56-47)12-46(39)55-42)53(70)59(54(50)71)32(18-76-37(24-72-20-33(64)14-60)25-73-21-34(65)15-61)19-77-38(26-74-22-35(66)16-62)27-75-23-36(67)17-63/h7,11-13,30,32-38,41,55,58,60-67H,1,8-10,14-27H2,2-6H3,(H,68,69)/t30-,32?,33?,34?,35?,36?,37?,38?,41?/m0/s1. The number of carboxylic acid groups (broad SMARTS) is 1. The Kier molecular flexibility index (Phi) is 22.5. The molecule has 0 radical (unpaired) electrons. The first kappa shape index (κ1) is 60.9. The van der Waals surface area contributed by atoms with E-state index in [1.54, 1.807) is 13.0 Å². The van der Waals surface area contributed by atoms with E-state index < -0.39 is 112 Å². The van der Waals surface area contributed by atoms with Gasteiger partial charge in [-0.2, -0.15) is 0 Å². The number of aliphatic carboxylic acids is 1. The van der Waals surface area contributed by atoms with Crippen molar-refractivity contribution in [3.05, 3.63) is 75.4 Å². The highest BCUT2D eigenvalue weighted by Crippen LogP contribution is 2.44. The highest BCUT2D eigenvalue weighted by molar-refractivity contribution is 6.23. The fourth-order valence-electron chi connectivity index (χ4n) is 9.52. The van der Waals surface area contributed by atoms with Gasteiger partial charge in [-0.05, 0) is 74.1 Å². The number of aromatic amines is 2. The number of nitrogens with one attached hydrogen (secondary N) is 2. The molecule has 0 spiro atoms. The van der Waals surface area contributed by atoms with Crippen LogP contribution in [0.4, 0.5) is 0 Å². The number of carboxylic acids is 1. The number of aryl methyl sites for hydroxylation is 2. The topological polar surface area (TPSA) is 349 Å². The molecular weight excluding hydrogens is 1010 g/mol. The molecule has 6 rings (SSSR count). The summed E-state index contributed by atoms with van der Waals surface area (Å²) in [6, 6.07) is 4.34. The van der Waals surface area contributed by atoms with E-state index in [0.29, 0.717) is 40.1 Å². The minimum atomic E-state index is -1.33. The number of carbonyl (C=O) groups excluding carboxylic acids is 2. The molecule has 23 nitrogen and oxygen atoms in total.